The van der Waals surface area contributed by atoms with Crippen LogP contribution >= 0.6 is 0 Å². The Bertz CT molecular complexity index is 2000. The van der Waals surface area contributed by atoms with Gasteiger partial charge in [-0.15, -0.1) is 0 Å². The molecule has 0 atom stereocenters. The fraction of sp³-hybridized carbons (Fsp3) is 0.429. The van der Waals surface area contributed by atoms with Gasteiger partial charge in [-0.05, 0) is 13.8 Å². The third-order valence-corrected chi connectivity index (χ3v) is 5.86. The van der Waals surface area contributed by atoms with Crippen molar-refractivity contribution in [2.24, 2.45) is 0 Å². The largest absolute Gasteiger partial charge is 0.460 e. The first-order valence-corrected chi connectivity index (χ1v) is 12.2. The first-order valence-electron chi connectivity index (χ1n) is 12.2. The third-order valence-electron chi connectivity index (χ3n) is 5.86. The van der Waals surface area contributed by atoms with Crippen LogP contribution in [0.1, 0.15) is 20.0 Å². The third kappa shape index (κ3) is 6.33. The van der Waals surface area contributed by atoms with E-state index in [9.17, 15) is 58.2 Å². The standard InChI is InChI=1S/C21H25N9O13/c1-9(2)10(12(33)43-8-5-26-14(35)22-13(34)23-15(26)36)11(29-18(39)24-16(37)27(3-6-31)20(29)41)30-19(40)25-17(38)28(4-7-32)21(30)42/h11,31-32H,3-8H2,1-2H3,(H,24,37,39)(H,25,38,40)(H2,22,23,34,35,36). The van der Waals surface area contributed by atoms with Gasteiger partial charge < -0.3 is 14.9 Å². The predicted molar refractivity (Wildman–Crippen MR) is 141 cm³/mol. The summed E-state index contributed by atoms with van der Waals surface area (Å²) in [6, 6.07) is 0. The molecule has 0 saturated carbocycles. The highest BCUT2D eigenvalue weighted by Gasteiger charge is 2.34. The highest BCUT2D eigenvalue weighted by atomic mass is 16.5. The molecule has 3 heterocycles. The minimum Gasteiger partial charge on any atom is -0.460 e. The molecule has 0 radical (unpaired) electrons. The van der Waals surface area contributed by atoms with Crippen LogP contribution in [0.25, 0.3) is 0 Å². The van der Waals surface area contributed by atoms with E-state index in [0.29, 0.717) is 13.7 Å². The second kappa shape index (κ2) is 12.9. The average Bonchev–Trinajstić information content (AvgIpc) is 2.90. The predicted octanol–water partition coefficient (Wildman–Crippen LogP) is -7.14. The monoisotopic (exact) mass is 611 g/mol. The number of carbonyl (C=O) groups excluding carboxylic acids is 1. The molecule has 3 rings (SSSR count). The average molecular weight is 611 g/mol. The van der Waals surface area contributed by atoms with Crippen molar-refractivity contribution in [3.8, 4) is 0 Å². The normalized spacial score (nSPS) is 11.1. The van der Waals surface area contributed by atoms with Crippen molar-refractivity contribution < 1.29 is 19.7 Å². The molecule has 0 fully saturated rings. The maximum Gasteiger partial charge on any atom is 0.338 e. The number of aromatic nitrogens is 9. The lowest BCUT2D eigenvalue weighted by molar-refractivity contribution is -0.140. The van der Waals surface area contributed by atoms with Crippen molar-refractivity contribution in [2.75, 3.05) is 19.8 Å². The molecule has 3 aromatic heterocycles. The molecule has 0 aliphatic carbocycles. The van der Waals surface area contributed by atoms with Gasteiger partial charge in [-0.25, -0.2) is 70.8 Å². The number of nitrogens with one attached hydrogen (secondary N) is 4. The van der Waals surface area contributed by atoms with Crippen LogP contribution in [0.15, 0.2) is 54.3 Å². The zero-order chi connectivity index (χ0) is 32.2. The quantitative estimate of drug-likeness (QED) is 0.0868. The Kier molecular flexibility index (Phi) is 9.57. The van der Waals surface area contributed by atoms with Gasteiger partial charge in [-0.3, -0.25) is 19.9 Å². The van der Waals surface area contributed by atoms with E-state index in [1.165, 1.54) is 13.8 Å². The number of hydrogen-bond acceptors (Lipinski definition) is 13. The van der Waals surface area contributed by atoms with Gasteiger partial charge in [0, 0.05) is 0 Å². The molecule has 6 N–H and O–H groups in total. The second-order valence-electron chi connectivity index (χ2n) is 8.79. The Morgan fingerprint density at radius 3 is 1.47 bits per heavy atom. The van der Waals surface area contributed by atoms with Gasteiger partial charge >= 0.3 is 57.2 Å². The van der Waals surface area contributed by atoms with E-state index in [-0.39, 0.29) is 14.7 Å². The van der Waals surface area contributed by atoms with Crippen LogP contribution in [0.2, 0.25) is 0 Å². The molecule has 0 unspecified atom stereocenters. The summed E-state index contributed by atoms with van der Waals surface area (Å²) in [6.45, 7) is -1.69. The Hall–Kier alpha value is -5.64. The minimum absolute atomic E-state index is 0.0635. The van der Waals surface area contributed by atoms with Crippen molar-refractivity contribution in [1.82, 2.24) is 42.8 Å². The number of aromatic amines is 4. The molecule has 0 aromatic carbocycles. The van der Waals surface area contributed by atoms with Gasteiger partial charge in [0.2, 0.25) is 0 Å². The van der Waals surface area contributed by atoms with Crippen LogP contribution in [0.3, 0.4) is 0 Å². The Balaban J connectivity index is 2.30. The summed E-state index contributed by atoms with van der Waals surface area (Å²) in [5.74, 6) is -1.39. The summed E-state index contributed by atoms with van der Waals surface area (Å²) in [5.41, 5.74) is -12.7. The summed E-state index contributed by atoms with van der Waals surface area (Å²) < 4.78 is 6.51. The molecule has 43 heavy (non-hydrogen) atoms. The van der Waals surface area contributed by atoms with E-state index < -0.39 is 108 Å². The van der Waals surface area contributed by atoms with Crippen LogP contribution in [0.5, 0.6) is 0 Å². The van der Waals surface area contributed by atoms with Crippen LogP contribution in [0, 0.1) is 0 Å². The number of rotatable bonds is 11. The topological polar surface area (TPSA) is 308 Å². The molecule has 22 heteroatoms. The lowest BCUT2D eigenvalue weighted by Crippen LogP contribution is -2.58. The highest BCUT2D eigenvalue weighted by Crippen LogP contribution is 2.20. The first kappa shape index (κ1) is 31.9. The summed E-state index contributed by atoms with van der Waals surface area (Å²) in [7, 11) is 0. The number of allylic oxidation sites excluding steroid dienone is 1. The number of aliphatic hydroxyl groups is 2. The molecular weight excluding hydrogens is 586 g/mol. The van der Waals surface area contributed by atoms with E-state index in [0.717, 1.165) is 0 Å². The molecule has 0 spiro atoms. The van der Waals surface area contributed by atoms with Crippen molar-refractivity contribution in [3.05, 3.63) is 106 Å². The maximum absolute atomic E-state index is 13.4. The fourth-order valence-electron chi connectivity index (χ4n) is 3.98. The summed E-state index contributed by atoms with van der Waals surface area (Å²) in [4.78, 5) is 133. The zero-order valence-electron chi connectivity index (χ0n) is 22.4. The number of H-pyrrole nitrogens is 4. The number of carbonyl (C=O) groups is 1. The molecule has 232 valence electrons. The number of esters is 1. The molecule has 0 aliphatic heterocycles. The lowest BCUT2D eigenvalue weighted by Gasteiger charge is -2.24. The van der Waals surface area contributed by atoms with Crippen molar-refractivity contribution in [1.29, 1.82) is 0 Å². The smallest absolute Gasteiger partial charge is 0.338 e. The first-order chi connectivity index (χ1) is 20.2. The lowest BCUT2D eigenvalue weighted by atomic mass is 10.1. The summed E-state index contributed by atoms with van der Waals surface area (Å²) in [6.07, 6.45) is -2.33. The SMILES string of the molecule is CC(C)=C(C(=O)OCCn1c(=O)[nH]c(=O)[nH]c1=O)C(n1c(=O)[nH]c(=O)n(CCO)c1=O)n1c(=O)[nH]c(=O)n(CCO)c1=O. The van der Waals surface area contributed by atoms with E-state index in [1.54, 1.807) is 19.9 Å². The molecule has 3 aromatic rings. The van der Waals surface area contributed by atoms with Crippen LogP contribution in [-0.4, -0.2) is 78.8 Å². The van der Waals surface area contributed by atoms with E-state index in [4.69, 9.17) is 4.74 Å². The van der Waals surface area contributed by atoms with Gasteiger partial charge in [0.15, 0.2) is 6.17 Å². The fourth-order valence-corrected chi connectivity index (χ4v) is 3.98. The van der Waals surface area contributed by atoms with Gasteiger partial charge in [0.05, 0.1) is 38.4 Å². The van der Waals surface area contributed by atoms with E-state index >= 15 is 0 Å². The minimum atomic E-state index is -2.33. The second-order valence-corrected chi connectivity index (χ2v) is 8.79. The van der Waals surface area contributed by atoms with Gasteiger partial charge in [0.1, 0.15) is 6.61 Å². The van der Waals surface area contributed by atoms with Crippen molar-refractivity contribution in [2.45, 2.75) is 39.6 Å². The van der Waals surface area contributed by atoms with Gasteiger partial charge in [-0.1, -0.05) is 5.57 Å². The molecule has 22 nitrogen and oxygen atoms in total. The molecule has 0 bridgehead atoms. The Morgan fingerprint density at radius 1 is 0.651 bits per heavy atom. The maximum atomic E-state index is 13.4. The summed E-state index contributed by atoms with van der Waals surface area (Å²) in [5, 5.41) is 18.6. The van der Waals surface area contributed by atoms with E-state index in [1.807, 2.05) is 0 Å². The van der Waals surface area contributed by atoms with Crippen LogP contribution in [0.4, 0.5) is 0 Å². The Morgan fingerprint density at radius 2 is 1.07 bits per heavy atom. The Labute approximate surface area is 234 Å². The number of hydrogen-bond donors (Lipinski definition) is 6. The van der Waals surface area contributed by atoms with Crippen LogP contribution < -0.4 is 51.2 Å². The number of nitrogens with zero attached hydrogens (tertiary/aromatic N) is 5. The highest BCUT2D eigenvalue weighted by molar-refractivity contribution is 5.90. The van der Waals surface area contributed by atoms with E-state index in [2.05, 4.69) is 0 Å². The van der Waals surface area contributed by atoms with Crippen molar-refractivity contribution >= 4 is 5.97 Å². The number of aliphatic hydroxyl groups excluding tert-OH is 2. The zero-order valence-corrected chi connectivity index (χ0v) is 22.4. The molecule has 0 saturated heterocycles. The summed E-state index contributed by atoms with van der Waals surface area (Å²) >= 11 is 0. The molecular formula is C21H25N9O13. The van der Waals surface area contributed by atoms with Gasteiger partial charge in [0.25, 0.3) is 0 Å². The molecule has 0 amide bonds. The van der Waals surface area contributed by atoms with Gasteiger partial charge in [-0.2, -0.15) is 0 Å². The van der Waals surface area contributed by atoms with Crippen molar-refractivity contribution in [3.63, 3.8) is 0 Å². The molecule has 0 aliphatic rings. The number of ether oxygens (including phenoxy) is 1. The van der Waals surface area contributed by atoms with Crippen LogP contribution in [-0.2, 0) is 29.2 Å².